The van der Waals surface area contributed by atoms with E-state index in [2.05, 4.69) is 10.0 Å². The average Bonchev–Trinajstić information content (AvgIpc) is 3.49. The molecule has 0 radical (unpaired) electrons. The van der Waals surface area contributed by atoms with Crippen LogP contribution in [0.5, 0.6) is 5.75 Å². The first kappa shape index (κ1) is 21.1. The molecule has 3 heterocycles. The number of hydrogen-bond acceptors (Lipinski definition) is 7. The molecule has 0 aliphatic carbocycles. The predicted molar refractivity (Wildman–Crippen MR) is 114 cm³/mol. The van der Waals surface area contributed by atoms with Crippen molar-refractivity contribution in [2.45, 2.75) is 25.3 Å². The molecule has 164 valence electrons. The summed E-state index contributed by atoms with van der Waals surface area (Å²) in [4.78, 5) is 27.0. The number of methoxy groups -OCH3 is 2. The Morgan fingerprint density at radius 2 is 1.87 bits per heavy atom. The molecule has 2 aromatic rings. The smallest absolute Gasteiger partial charge is 0.308 e. The molecule has 1 amide bonds. The van der Waals surface area contributed by atoms with Gasteiger partial charge >= 0.3 is 5.97 Å². The number of amides is 1. The average molecular weight is 425 g/mol. The molecule has 1 saturated heterocycles. The van der Waals surface area contributed by atoms with Crippen LogP contribution in [-0.2, 0) is 14.3 Å². The monoisotopic (exact) mass is 425 g/mol. The second-order valence-corrected chi connectivity index (χ2v) is 7.82. The molecule has 8 heteroatoms. The zero-order valence-corrected chi connectivity index (χ0v) is 17.8. The molecule has 8 nitrogen and oxygen atoms in total. The van der Waals surface area contributed by atoms with Crippen LogP contribution in [0.1, 0.15) is 36.6 Å². The third-order valence-corrected chi connectivity index (χ3v) is 5.94. The number of hydrogen-bond donors (Lipinski definition) is 0. The number of carbonyl (C=O) groups excluding carboxylic acids is 2. The van der Waals surface area contributed by atoms with Gasteiger partial charge in [-0.05, 0) is 67.9 Å². The van der Waals surface area contributed by atoms with Crippen molar-refractivity contribution in [1.82, 2.24) is 9.91 Å². The van der Waals surface area contributed by atoms with Gasteiger partial charge in [-0.25, -0.2) is 5.01 Å². The Labute approximate surface area is 181 Å². The van der Waals surface area contributed by atoms with Crippen LogP contribution >= 0.6 is 0 Å². The zero-order valence-electron chi connectivity index (χ0n) is 17.8. The molecule has 2 aliphatic rings. The van der Waals surface area contributed by atoms with Crippen molar-refractivity contribution in [1.29, 1.82) is 0 Å². The summed E-state index contributed by atoms with van der Waals surface area (Å²) in [5.41, 5.74) is 1.79. The Bertz CT molecular complexity index is 931. The summed E-state index contributed by atoms with van der Waals surface area (Å²) in [5, 5.41) is 6.22. The SMILES string of the molecule is COC(=O)C1CCN(CC(=O)N2N=C(c3ccc(OC)cc3)C[C@@H]2c2ccco2)CC1. The first-order valence-corrected chi connectivity index (χ1v) is 10.5. The van der Waals surface area contributed by atoms with E-state index in [9.17, 15) is 9.59 Å². The first-order chi connectivity index (χ1) is 15.1. The zero-order chi connectivity index (χ0) is 21.8. The minimum Gasteiger partial charge on any atom is -0.497 e. The number of likely N-dealkylation sites (tertiary alicyclic amines) is 1. The number of esters is 1. The molecule has 4 rings (SSSR count). The highest BCUT2D eigenvalue weighted by Crippen LogP contribution is 2.33. The van der Waals surface area contributed by atoms with Gasteiger partial charge in [0.1, 0.15) is 17.6 Å². The predicted octanol–water partition coefficient (Wildman–Crippen LogP) is 2.85. The number of piperidine rings is 1. The third kappa shape index (κ3) is 4.64. The Hall–Kier alpha value is -3.13. The standard InChI is InChI=1S/C23H27N3O5/c1-29-18-7-5-16(6-8-18)19-14-20(21-4-3-13-31-21)26(24-19)22(27)15-25-11-9-17(10-12-25)23(28)30-2/h3-8,13,17,20H,9-12,14-15H2,1-2H3/t20-/m1/s1. The number of nitrogens with zero attached hydrogens (tertiary/aromatic N) is 3. The van der Waals surface area contributed by atoms with Gasteiger partial charge in [0.25, 0.3) is 5.91 Å². The molecule has 0 N–H and O–H groups in total. The lowest BCUT2D eigenvalue weighted by Gasteiger charge is -2.31. The van der Waals surface area contributed by atoms with Crippen molar-refractivity contribution in [2.24, 2.45) is 11.0 Å². The topological polar surface area (TPSA) is 84.6 Å². The highest BCUT2D eigenvalue weighted by molar-refractivity contribution is 6.03. The Morgan fingerprint density at radius 3 is 2.48 bits per heavy atom. The molecule has 1 aromatic heterocycles. The van der Waals surface area contributed by atoms with E-state index in [0.717, 1.165) is 17.0 Å². The molecule has 1 aromatic carbocycles. The van der Waals surface area contributed by atoms with Gasteiger partial charge in [0, 0.05) is 6.42 Å². The second kappa shape index (κ2) is 9.34. The van der Waals surface area contributed by atoms with Gasteiger partial charge in [-0.15, -0.1) is 0 Å². The first-order valence-electron chi connectivity index (χ1n) is 10.5. The lowest BCUT2D eigenvalue weighted by atomic mass is 9.97. The highest BCUT2D eigenvalue weighted by Gasteiger charge is 2.36. The van der Waals surface area contributed by atoms with E-state index in [-0.39, 0.29) is 30.4 Å². The van der Waals surface area contributed by atoms with Gasteiger partial charge in [-0.2, -0.15) is 5.10 Å². The van der Waals surface area contributed by atoms with Crippen molar-refractivity contribution in [3.05, 3.63) is 54.0 Å². The summed E-state index contributed by atoms with van der Waals surface area (Å²) in [7, 11) is 3.04. The van der Waals surface area contributed by atoms with E-state index in [1.807, 2.05) is 36.4 Å². The summed E-state index contributed by atoms with van der Waals surface area (Å²) < 4.78 is 15.7. The number of furan rings is 1. The van der Waals surface area contributed by atoms with Crippen LogP contribution in [0.15, 0.2) is 52.2 Å². The molecular formula is C23H27N3O5. The molecule has 0 bridgehead atoms. The van der Waals surface area contributed by atoms with Crippen molar-refractivity contribution in [3.63, 3.8) is 0 Å². The fourth-order valence-corrected chi connectivity index (χ4v) is 4.16. The highest BCUT2D eigenvalue weighted by atomic mass is 16.5. The van der Waals surface area contributed by atoms with E-state index in [1.54, 1.807) is 18.4 Å². The van der Waals surface area contributed by atoms with Crippen molar-refractivity contribution in [2.75, 3.05) is 33.9 Å². The normalized spacial score (nSPS) is 19.9. The van der Waals surface area contributed by atoms with Crippen molar-refractivity contribution < 1.29 is 23.5 Å². The molecule has 31 heavy (non-hydrogen) atoms. The quantitative estimate of drug-likeness (QED) is 0.662. The molecule has 1 atom stereocenters. The summed E-state index contributed by atoms with van der Waals surface area (Å²) in [6.07, 6.45) is 3.58. The van der Waals surface area contributed by atoms with Gasteiger partial charge in [-0.3, -0.25) is 14.5 Å². The van der Waals surface area contributed by atoms with E-state index < -0.39 is 0 Å². The van der Waals surface area contributed by atoms with Gasteiger partial charge in [0.15, 0.2) is 0 Å². The van der Waals surface area contributed by atoms with Crippen molar-refractivity contribution >= 4 is 17.6 Å². The summed E-state index contributed by atoms with van der Waals surface area (Å²) in [6.45, 7) is 1.62. The van der Waals surface area contributed by atoms with Gasteiger partial charge in [0.05, 0.1) is 38.7 Å². The van der Waals surface area contributed by atoms with E-state index >= 15 is 0 Å². The lowest BCUT2D eigenvalue weighted by Crippen LogP contribution is -2.43. The van der Waals surface area contributed by atoms with Gasteiger partial charge in [0.2, 0.25) is 0 Å². The summed E-state index contributed by atoms with van der Waals surface area (Å²) >= 11 is 0. The minimum atomic E-state index is -0.271. The second-order valence-electron chi connectivity index (χ2n) is 7.82. The maximum absolute atomic E-state index is 13.2. The van der Waals surface area contributed by atoms with Crippen LogP contribution in [0.25, 0.3) is 0 Å². The van der Waals surface area contributed by atoms with Crippen LogP contribution in [0.2, 0.25) is 0 Å². The van der Waals surface area contributed by atoms with E-state index in [0.29, 0.717) is 38.1 Å². The minimum absolute atomic E-state index is 0.0820. The molecule has 0 saturated carbocycles. The van der Waals surface area contributed by atoms with Crippen LogP contribution in [0, 0.1) is 5.92 Å². The van der Waals surface area contributed by atoms with E-state index in [4.69, 9.17) is 13.9 Å². The number of benzene rings is 1. The number of carbonyl (C=O) groups is 2. The van der Waals surface area contributed by atoms with Crippen LogP contribution < -0.4 is 4.74 Å². The lowest BCUT2D eigenvalue weighted by molar-refractivity contribution is -0.147. The largest absolute Gasteiger partial charge is 0.497 e. The van der Waals surface area contributed by atoms with Gasteiger partial charge in [-0.1, -0.05) is 0 Å². The summed E-state index contributed by atoms with van der Waals surface area (Å²) in [6, 6.07) is 11.1. The number of hydrazone groups is 1. The third-order valence-electron chi connectivity index (χ3n) is 5.94. The van der Waals surface area contributed by atoms with Gasteiger partial charge < -0.3 is 13.9 Å². The van der Waals surface area contributed by atoms with Crippen LogP contribution in [-0.4, -0.2) is 61.4 Å². The van der Waals surface area contributed by atoms with Crippen LogP contribution in [0.3, 0.4) is 0 Å². The fourth-order valence-electron chi connectivity index (χ4n) is 4.16. The maximum atomic E-state index is 13.2. The summed E-state index contributed by atoms with van der Waals surface area (Å²) in [5.74, 6) is 1.15. The Kier molecular flexibility index (Phi) is 6.36. The molecule has 2 aliphatic heterocycles. The van der Waals surface area contributed by atoms with E-state index in [1.165, 1.54) is 7.11 Å². The molecule has 0 spiro atoms. The molecular weight excluding hydrogens is 398 g/mol. The maximum Gasteiger partial charge on any atom is 0.308 e. The fraction of sp³-hybridized carbons (Fsp3) is 0.435. The van der Waals surface area contributed by atoms with Crippen LogP contribution in [0.4, 0.5) is 0 Å². The molecule has 0 unspecified atom stereocenters. The number of rotatable bonds is 6. The Morgan fingerprint density at radius 1 is 1.13 bits per heavy atom. The van der Waals surface area contributed by atoms with Crippen molar-refractivity contribution in [3.8, 4) is 5.75 Å². The number of ether oxygens (including phenoxy) is 2. The molecule has 1 fully saturated rings. The Balaban J connectivity index is 1.47.